The molecule has 17 heavy (non-hydrogen) atoms. The van der Waals surface area contributed by atoms with E-state index >= 15 is 0 Å². The number of hydrogen-bond acceptors (Lipinski definition) is 4. The summed E-state index contributed by atoms with van der Waals surface area (Å²) in [6, 6.07) is 3.96. The maximum absolute atomic E-state index is 4.54. The lowest BCUT2D eigenvalue weighted by atomic mass is 10.1. The molecule has 0 spiro atoms. The number of rotatable bonds is 3. The molecule has 0 aliphatic carbocycles. The molecule has 2 heterocycles. The van der Waals surface area contributed by atoms with Crippen LogP contribution < -0.4 is 5.32 Å². The van der Waals surface area contributed by atoms with Crippen LogP contribution in [0, 0.1) is 13.8 Å². The summed E-state index contributed by atoms with van der Waals surface area (Å²) >= 11 is 0. The second-order valence-electron chi connectivity index (χ2n) is 4.05. The average Bonchev–Trinajstić information content (AvgIpc) is 2.29. The molecule has 0 unspecified atom stereocenters. The minimum atomic E-state index is 0.746. The van der Waals surface area contributed by atoms with Crippen molar-refractivity contribution in [2.24, 2.45) is 0 Å². The van der Waals surface area contributed by atoms with E-state index in [4.69, 9.17) is 0 Å². The Morgan fingerprint density at radius 2 is 2.06 bits per heavy atom. The largest absolute Gasteiger partial charge is 0.314 e. The van der Waals surface area contributed by atoms with Crippen molar-refractivity contribution in [1.29, 1.82) is 0 Å². The first-order valence-corrected chi connectivity index (χ1v) is 5.61. The van der Waals surface area contributed by atoms with Crippen molar-refractivity contribution >= 4 is 0 Å². The SMILES string of the molecule is CNCc1cc(C)nc(-c2cnccc2C)n1. The first-order chi connectivity index (χ1) is 8.20. The molecular formula is C13H16N4. The van der Waals surface area contributed by atoms with Crippen LogP contribution in [-0.2, 0) is 6.54 Å². The van der Waals surface area contributed by atoms with Gasteiger partial charge in [-0.05, 0) is 38.6 Å². The van der Waals surface area contributed by atoms with Crippen molar-refractivity contribution in [2.75, 3.05) is 7.05 Å². The fraction of sp³-hybridized carbons (Fsp3) is 0.308. The highest BCUT2D eigenvalue weighted by atomic mass is 14.9. The van der Waals surface area contributed by atoms with Crippen LogP contribution in [0.2, 0.25) is 0 Å². The van der Waals surface area contributed by atoms with E-state index in [2.05, 4.69) is 20.3 Å². The lowest BCUT2D eigenvalue weighted by molar-refractivity contribution is 0.784. The molecule has 0 aliphatic heterocycles. The molecule has 0 aromatic carbocycles. The summed E-state index contributed by atoms with van der Waals surface area (Å²) in [7, 11) is 1.91. The topological polar surface area (TPSA) is 50.7 Å². The molecule has 2 aromatic rings. The summed E-state index contributed by atoms with van der Waals surface area (Å²) < 4.78 is 0. The molecule has 88 valence electrons. The lowest BCUT2D eigenvalue weighted by Gasteiger charge is -2.07. The lowest BCUT2D eigenvalue weighted by Crippen LogP contribution is -2.09. The minimum Gasteiger partial charge on any atom is -0.314 e. The van der Waals surface area contributed by atoms with Gasteiger partial charge in [0.05, 0.1) is 5.69 Å². The molecule has 0 atom stereocenters. The Kier molecular flexibility index (Phi) is 3.44. The zero-order valence-electron chi connectivity index (χ0n) is 10.4. The van der Waals surface area contributed by atoms with Crippen molar-refractivity contribution in [3.8, 4) is 11.4 Å². The fourth-order valence-corrected chi connectivity index (χ4v) is 1.72. The highest BCUT2D eigenvalue weighted by Gasteiger charge is 2.07. The molecule has 0 fully saturated rings. The third kappa shape index (κ3) is 2.65. The first-order valence-electron chi connectivity index (χ1n) is 5.61. The molecule has 1 N–H and O–H groups in total. The predicted molar refractivity (Wildman–Crippen MR) is 67.5 cm³/mol. The van der Waals surface area contributed by atoms with E-state index in [-0.39, 0.29) is 0 Å². The third-order valence-electron chi connectivity index (χ3n) is 2.55. The summed E-state index contributed by atoms with van der Waals surface area (Å²) in [5.74, 6) is 0.751. The second kappa shape index (κ2) is 5.01. The van der Waals surface area contributed by atoms with Crippen molar-refractivity contribution < 1.29 is 0 Å². The van der Waals surface area contributed by atoms with E-state index in [0.717, 1.165) is 34.9 Å². The van der Waals surface area contributed by atoms with Crippen LogP contribution in [0.1, 0.15) is 17.0 Å². The van der Waals surface area contributed by atoms with Gasteiger partial charge in [0.25, 0.3) is 0 Å². The highest BCUT2D eigenvalue weighted by Crippen LogP contribution is 2.18. The van der Waals surface area contributed by atoms with E-state index in [1.165, 1.54) is 0 Å². The van der Waals surface area contributed by atoms with Crippen LogP contribution in [0.25, 0.3) is 11.4 Å². The maximum Gasteiger partial charge on any atom is 0.161 e. The van der Waals surface area contributed by atoms with E-state index in [1.54, 1.807) is 6.20 Å². The van der Waals surface area contributed by atoms with E-state index < -0.39 is 0 Å². The van der Waals surface area contributed by atoms with Gasteiger partial charge in [-0.2, -0.15) is 0 Å². The number of pyridine rings is 1. The van der Waals surface area contributed by atoms with Gasteiger partial charge in [-0.15, -0.1) is 0 Å². The summed E-state index contributed by atoms with van der Waals surface area (Å²) in [5, 5.41) is 3.10. The highest BCUT2D eigenvalue weighted by molar-refractivity contribution is 5.58. The summed E-state index contributed by atoms with van der Waals surface area (Å²) in [6.07, 6.45) is 3.59. The Hall–Kier alpha value is -1.81. The standard InChI is InChI=1S/C13H16N4/c1-9-4-5-15-8-12(9)13-16-10(2)6-11(17-13)7-14-3/h4-6,8,14H,7H2,1-3H3. The van der Waals surface area contributed by atoms with Crippen LogP contribution in [0.3, 0.4) is 0 Å². The van der Waals surface area contributed by atoms with Crippen LogP contribution in [0.15, 0.2) is 24.5 Å². The van der Waals surface area contributed by atoms with Gasteiger partial charge in [-0.3, -0.25) is 4.98 Å². The summed E-state index contributed by atoms with van der Waals surface area (Å²) in [4.78, 5) is 13.1. The molecule has 0 amide bonds. The van der Waals surface area contributed by atoms with Gasteiger partial charge in [0.15, 0.2) is 5.82 Å². The molecule has 0 saturated carbocycles. The molecule has 0 saturated heterocycles. The van der Waals surface area contributed by atoms with Crippen molar-refractivity contribution in [2.45, 2.75) is 20.4 Å². The zero-order chi connectivity index (χ0) is 12.3. The van der Waals surface area contributed by atoms with Crippen molar-refractivity contribution in [3.05, 3.63) is 41.5 Å². The number of aryl methyl sites for hydroxylation is 2. The van der Waals surface area contributed by atoms with Crippen molar-refractivity contribution in [3.63, 3.8) is 0 Å². The fourth-order valence-electron chi connectivity index (χ4n) is 1.72. The number of aromatic nitrogens is 3. The van der Waals surface area contributed by atoms with E-state index in [9.17, 15) is 0 Å². The predicted octanol–water partition coefficient (Wildman–Crippen LogP) is 1.87. The molecule has 2 aromatic heterocycles. The third-order valence-corrected chi connectivity index (χ3v) is 2.55. The van der Waals surface area contributed by atoms with Crippen LogP contribution in [0.4, 0.5) is 0 Å². The monoisotopic (exact) mass is 228 g/mol. The van der Waals surface area contributed by atoms with Gasteiger partial charge in [0, 0.05) is 30.2 Å². The van der Waals surface area contributed by atoms with Crippen LogP contribution >= 0.6 is 0 Å². The van der Waals surface area contributed by atoms with Gasteiger partial charge < -0.3 is 5.32 Å². The van der Waals surface area contributed by atoms with Gasteiger partial charge in [-0.1, -0.05) is 0 Å². The molecule has 0 aliphatic rings. The quantitative estimate of drug-likeness (QED) is 0.871. The Labute approximate surface area is 101 Å². The number of nitrogens with one attached hydrogen (secondary N) is 1. The Balaban J connectivity index is 2.48. The Morgan fingerprint density at radius 3 is 2.76 bits per heavy atom. The molecule has 0 bridgehead atoms. The van der Waals surface area contributed by atoms with Crippen LogP contribution in [0.5, 0.6) is 0 Å². The van der Waals surface area contributed by atoms with Gasteiger partial charge >= 0.3 is 0 Å². The van der Waals surface area contributed by atoms with Crippen molar-refractivity contribution in [1.82, 2.24) is 20.3 Å². The molecular weight excluding hydrogens is 212 g/mol. The van der Waals surface area contributed by atoms with Gasteiger partial charge in [0.2, 0.25) is 0 Å². The van der Waals surface area contributed by atoms with E-state index in [1.807, 2.05) is 39.2 Å². The summed E-state index contributed by atoms with van der Waals surface area (Å²) in [6.45, 7) is 4.77. The molecule has 2 rings (SSSR count). The second-order valence-corrected chi connectivity index (χ2v) is 4.05. The molecule has 0 radical (unpaired) electrons. The Bertz CT molecular complexity index is 523. The van der Waals surface area contributed by atoms with Gasteiger partial charge in [0.1, 0.15) is 0 Å². The minimum absolute atomic E-state index is 0.746. The Morgan fingerprint density at radius 1 is 1.24 bits per heavy atom. The average molecular weight is 228 g/mol. The number of nitrogens with zero attached hydrogens (tertiary/aromatic N) is 3. The maximum atomic E-state index is 4.54. The normalized spacial score (nSPS) is 10.5. The summed E-state index contributed by atoms with van der Waals surface area (Å²) in [5.41, 5.74) is 4.11. The first kappa shape index (κ1) is 11.7. The molecule has 4 heteroatoms. The molecule has 4 nitrogen and oxygen atoms in total. The smallest absolute Gasteiger partial charge is 0.161 e. The number of hydrogen-bond donors (Lipinski definition) is 1. The van der Waals surface area contributed by atoms with Gasteiger partial charge in [-0.25, -0.2) is 9.97 Å². The zero-order valence-corrected chi connectivity index (χ0v) is 10.4. The van der Waals surface area contributed by atoms with E-state index in [0.29, 0.717) is 0 Å². The van der Waals surface area contributed by atoms with Crippen LogP contribution in [-0.4, -0.2) is 22.0 Å².